The lowest BCUT2D eigenvalue weighted by atomic mass is 10.3. The number of hydrogen-bond acceptors (Lipinski definition) is 2. The highest BCUT2D eigenvalue weighted by Gasteiger charge is 1.92. The SMILES string of the molecule is CC(=O)Oc1ccccc1.[AlH3]. The minimum Gasteiger partial charge on any atom is -0.427 e. The third kappa shape index (κ3) is 3.82. The van der Waals surface area contributed by atoms with E-state index in [0.29, 0.717) is 5.75 Å². The van der Waals surface area contributed by atoms with Crippen LogP contribution in [0.2, 0.25) is 0 Å². The molecule has 58 valence electrons. The molecule has 3 heteroatoms. The Labute approximate surface area is 76.3 Å². The molecule has 0 saturated heterocycles. The first kappa shape index (κ1) is 10.2. The van der Waals surface area contributed by atoms with Gasteiger partial charge in [0.05, 0.1) is 0 Å². The molecule has 1 rings (SSSR count). The van der Waals surface area contributed by atoms with Crippen LogP contribution in [0.15, 0.2) is 30.3 Å². The van der Waals surface area contributed by atoms with Crippen LogP contribution in [0.4, 0.5) is 0 Å². The Morgan fingerprint density at radius 3 is 2.27 bits per heavy atom. The molecule has 1 aromatic carbocycles. The molecule has 0 aromatic heterocycles. The molecule has 1 aromatic rings. The maximum absolute atomic E-state index is 10.4. The van der Waals surface area contributed by atoms with Gasteiger partial charge in [-0.05, 0) is 12.1 Å². The highest BCUT2D eigenvalue weighted by Crippen LogP contribution is 2.07. The minimum atomic E-state index is -0.286. The molecule has 0 aliphatic heterocycles. The normalized spacial score (nSPS) is 8.09. The van der Waals surface area contributed by atoms with Crippen molar-refractivity contribution in [2.45, 2.75) is 6.92 Å². The van der Waals surface area contributed by atoms with Crippen molar-refractivity contribution in [2.75, 3.05) is 0 Å². The van der Waals surface area contributed by atoms with Gasteiger partial charge in [-0.25, -0.2) is 0 Å². The first-order valence-corrected chi connectivity index (χ1v) is 3.02. The van der Waals surface area contributed by atoms with Gasteiger partial charge in [0.1, 0.15) is 5.75 Å². The number of para-hydroxylation sites is 1. The highest BCUT2D eigenvalue weighted by molar-refractivity contribution is 5.75. The Balaban J connectivity index is 0.000001000. The van der Waals surface area contributed by atoms with E-state index in [-0.39, 0.29) is 23.3 Å². The van der Waals surface area contributed by atoms with Crippen LogP contribution in [-0.2, 0) is 4.79 Å². The van der Waals surface area contributed by atoms with E-state index in [1.807, 2.05) is 18.2 Å². The maximum Gasteiger partial charge on any atom is 0.308 e. The number of hydrogen-bond donors (Lipinski definition) is 0. The van der Waals surface area contributed by atoms with Crippen molar-refractivity contribution in [3.63, 3.8) is 0 Å². The largest absolute Gasteiger partial charge is 0.427 e. The van der Waals surface area contributed by atoms with Gasteiger partial charge in [0.2, 0.25) is 0 Å². The number of rotatable bonds is 1. The average molecular weight is 166 g/mol. The summed E-state index contributed by atoms with van der Waals surface area (Å²) >= 11 is 0. The molecule has 11 heavy (non-hydrogen) atoms. The summed E-state index contributed by atoms with van der Waals surface area (Å²) in [6.45, 7) is 1.38. The van der Waals surface area contributed by atoms with E-state index in [9.17, 15) is 4.79 Å². The molecule has 0 aliphatic rings. The van der Waals surface area contributed by atoms with Crippen molar-refractivity contribution in [2.24, 2.45) is 0 Å². The summed E-state index contributed by atoms with van der Waals surface area (Å²) in [6.07, 6.45) is 0. The first-order valence-electron chi connectivity index (χ1n) is 3.02. The van der Waals surface area contributed by atoms with Crippen LogP contribution in [-0.4, -0.2) is 23.3 Å². The molecule has 0 radical (unpaired) electrons. The number of carbonyl (C=O) groups is 1. The topological polar surface area (TPSA) is 26.3 Å². The second-order valence-corrected chi connectivity index (χ2v) is 1.91. The zero-order valence-electron chi connectivity index (χ0n) is 5.70. The van der Waals surface area contributed by atoms with Crippen LogP contribution < -0.4 is 4.74 Å². The quantitative estimate of drug-likeness (QED) is 0.343. The first-order chi connectivity index (χ1) is 4.79. The fourth-order valence-electron chi connectivity index (χ4n) is 0.655. The lowest BCUT2D eigenvalue weighted by Crippen LogP contribution is -2.00. The minimum absolute atomic E-state index is 0. The Kier molecular flexibility index (Phi) is 4.60. The predicted molar refractivity (Wildman–Crippen MR) is 47.7 cm³/mol. The Bertz CT molecular complexity index is 221. The van der Waals surface area contributed by atoms with Gasteiger partial charge in [-0.3, -0.25) is 4.79 Å². The van der Waals surface area contributed by atoms with Crippen molar-refractivity contribution < 1.29 is 9.53 Å². The van der Waals surface area contributed by atoms with E-state index in [1.54, 1.807) is 12.1 Å². The zero-order chi connectivity index (χ0) is 7.40. The fraction of sp³-hybridized carbons (Fsp3) is 0.125. The van der Waals surface area contributed by atoms with Crippen LogP contribution in [0, 0.1) is 0 Å². The fourth-order valence-corrected chi connectivity index (χ4v) is 0.655. The summed E-state index contributed by atoms with van der Waals surface area (Å²) in [5, 5.41) is 0. The second-order valence-electron chi connectivity index (χ2n) is 1.91. The van der Waals surface area contributed by atoms with E-state index in [0.717, 1.165) is 0 Å². The van der Waals surface area contributed by atoms with Gasteiger partial charge in [-0.15, -0.1) is 0 Å². The van der Waals surface area contributed by atoms with Crippen molar-refractivity contribution in [3.05, 3.63) is 30.3 Å². The molecule has 0 unspecified atom stereocenters. The lowest BCUT2D eigenvalue weighted by molar-refractivity contribution is -0.131. The molecule has 0 heterocycles. The van der Waals surface area contributed by atoms with Gasteiger partial charge in [0, 0.05) is 6.92 Å². The van der Waals surface area contributed by atoms with Crippen LogP contribution in [0.1, 0.15) is 6.92 Å². The van der Waals surface area contributed by atoms with Gasteiger partial charge < -0.3 is 4.74 Å². The molecule has 0 saturated carbocycles. The summed E-state index contributed by atoms with van der Waals surface area (Å²) in [4.78, 5) is 10.4. The van der Waals surface area contributed by atoms with Crippen molar-refractivity contribution >= 4 is 23.3 Å². The standard InChI is InChI=1S/C8H8O2.Al.3H/c1-7(9)10-8-5-3-2-4-6-8;;;;/h2-6H,1H3;;;;. The van der Waals surface area contributed by atoms with E-state index in [4.69, 9.17) is 4.74 Å². The van der Waals surface area contributed by atoms with Gasteiger partial charge in [-0.1, -0.05) is 18.2 Å². The molecular weight excluding hydrogens is 155 g/mol. The molecular formula is C8H11AlO2. The van der Waals surface area contributed by atoms with Gasteiger partial charge >= 0.3 is 5.97 Å². The molecule has 0 fully saturated rings. The molecule has 0 spiro atoms. The number of esters is 1. The van der Waals surface area contributed by atoms with E-state index in [1.165, 1.54) is 6.92 Å². The van der Waals surface area contributed by atoms with Gasteiger partial charge in [0.15, 0.2) is 17.4 Å². The molecule has 0 bridgehead atoms. The maximum atomic E-state index is 10.4. The number of carbonyl (C=O) groups excluding carboxylic acids is 1. The summed E-state index contributed by atoms with van der Waals surface area (Å²) < 4.78 is 4.78. The average Bonchev–Trinajstić information content (AvgIpc) is 1.88. The highest BCUT2D eigenvalue weighted by atomic mass is 27.0. The Morgan fingerprint density at radius 1 is 1.27 bits per heavy atom. The summed E-state index contributed by atoms with van der Waals surface area (Å²) in [5.74, 6) is 0.307. The van der Waals surface area contributed by atoms with Crippen LogP contribution in [0.25, 0.3) is 0 Å². The lowest BCUT2D eigenvalue weighted by Gasteiger charge is -1.97. The predicted octanol–water partition coefficient (Wildman–Crippen LogP) is 0.428. The summed E-state index contributed by atoms with van der Waals surface area (Å²) in [6, 6.07) is 8.98. The van der Waals surface area contributed by atoms with Gasteiger partial charge in [0.25, 0.3) is 0 Å². The van der Waals surface area contributed by atoms with E-state index in [2.05, 4.69) is 0 Å². The third-order valence-electron chi connectivity index (χ3n) is 1.00. The van der Waals surface area contributed by atoms with E-state index < -0.39 is 0 Å². The molecule has 0 amide bonds. The Hall–Kier alpha value is -0.778. The number of benzene rings is 1. The Morgan fingerprint density at radius 2 is 1.82 bits per heavy atom. The van der Waals surface area contributed by atoms with Gasteiger partial charge in [-0.2, -0.15) is 0 Å². The molecule has 2 nitrogen and oxygen atoms in total. The third-order valence-corrected chi connectivity index (χ3v) is 1.00. The summed E-state index contributed by atoms with van der Waals surface area (Å²) in [5.41, 5.74) is 0. The van der Waals surface area contributed by atoms with Crippen molar-refractivity contribution in [1.82, 2.24) is 0 Å². The van der Waals surface area contributed by atoms with Crippen LogP contribution in [0.5, 0.6) is 5.75 Å². The number of ether oxygens (including phenoxy) is 1. The molecule has 0 N–H and O–H groups in total. The van der Waals surface area contributed by atoms with Crippen LogP contribution in [0.3, 0.4) is 0 Å². The molecule has 0 aliphatic carbocycles. The summed E-state index contributed by atoms with van der Waals surface area (Å²) in [7, 11) is 0. The smallest absolute Gasteiger partial charge is 0.308 e. The zero-order valence-corrected chi connectivity index (χ0v) is 5.70. The van der Waals surface area contributed by atoms with E-state index >= 15 is 0 Å². The van der Waals surface area contributed by atoms with Crippen LogP contribution >= 0.6 is 0 Å². The second kappa shape index (κ2) is 4.95. The van der Waals surface area contributed by atoms with Crippen molar-refractivity contribution in [3.8, 4) is 5.75 Å². The molecule has 0 atom stereocenters. The monoisotopic (exact) mass is 166 g/mol. The van der Waals surface area contributed by atoms with Crippen molar-refractivity contribution in [1.29, 1.82) is 0 Å².